The van der Waals surface area contributed by atoms with E-state index in [1.54, 1.807) is 72.5 Å². The van der Waals surface area contributed by atoms with E-state index < -0.39 is 11.9 Å². The highest BCUT2D eigenvalue weighted by atomic mass is 16.4. The predicted molar refractivity (Wildman–Crippen MR) is 537 cm³/mol. The van der Waals surface area contributed by atoms with Gasteiger partial charge in [0, 0.05) is 547 Å². The van der Waals surface area contributed by atoms with Gasteiger partial charge < -0.3 is 10.8 Å². The Hall–Kier alpha value is -27.8. The summed E-state index contributed by atoms with van der Waals surface area (Å²) in [6.07, 6.45) is 6.29. The van der Waals surface area contributed by atoms with Crippen molar-refractivity contribution in [3.05, 3.63) is 60.0 Å². The molecule has 0 radical (unpaired) electrons. The van der Waals surface area contributed by atoms with Crippen molar-refractivity contribution in [2.24, 2.45) is 19.8 Å². The van der Waals surface area contributed by atoms with Crippen molar-refractivity contribution in [2.45, 2.75) is 27.7 Å². The van der Waals surface area contributed by atoms with Gasteiger partial charge in [0.1, 0.15) is 17.3 Å². The average molecular weight is 1740 g/mol. The molecule has 0 aliphatic rings. The minimum Gasteiger partial charge on any atom is -0.477 e. The van der Waals surface area contributed by atoms with Crippen LogP contribution in [0.1, 0.15) is 46.5 Å². The summed E-state index contributed by atoms with van der Waals surface area (Å²) in [7, 11) is 3.25. The fourth-order valence-electron chi connectivity index (χ4n) is 6.32. The molecule has 0 aliphatic carbocycles. The van der Waals surface area contributed by atoms with Gasteiger partial charge in [-0.05, 0) is 135 Å². The lowest BCUT2D eigenvalue weighted by Crippen LogP contribution is -2.17. The van der Waals surface area contributed by atoms with Crippen LogP contribution in [0, 0.1) is 641 Å². The van der Waals surface area contributed by atoms with Crippen LogP contribution in [-0.4, -0.2) is 56.5 Å². The van der Waals surface area contributed by atoms with E-state index in [4.69, 9.17) is 10.8 Å². The number of aromatic nitrogens is 8. The number of carboxylic acid groups (broad SMARTS) is 1. The van der Waals surface area contributed by atoms with E-state index in [0.29, 0.717) is 39.9 Å². The second kappa shape index (κ2) is 84.8. The maximum Gasteiger partial charge on any atom is 0.354 e. The third kappa shape index (κ3) is 67.8. The number of carboxylic acids is 1. The van der Waals surface area contributed by atoms with Gasteiger partial charge in [-0.1, -0.05) is 11.8 Å². The van der Waals surface area contributed by atoms with Gasteiger partial charge >= 0.3 is 5.97 Å². The third-order valence-electron chi connectivity index (χ3n) is 11.1. The van der Waals surface area contributed by atoms with Crippen LogP contribution < -0.4 is 5.73 Å². The molecule has 140 heavy (non-hydrogen) atoms. The molecule has 4 rings (SSSR count). The van der Waals surface area contributed by atoms with Crippen molar-refractivity contribution >= 4 is 11.9 Å². The Balaban J connectivity index is 0.00000170. The molecular formula is C128H27N9O3. The molecule has 602 valence electrons. The van der Waals surface area contributed by atoms with Crippen molar-refractivity contribution in [1.82, 2.24) is 39.5 Å². The lowest BCUT2D eigenvalue weighted by molar-refractivity contribution is 0.0685. The van der Waals surface area contributed by atoms with Gasteiger partial charge in [-0.3, -0.25) is 14.2 Å². The first-order chi connectivity index (χ1) is 69.1. The number of nitrogens with zero attached hydrogens (tertiary/aromatic N) is 8. The molecule has 0 aliphatic heterocycles. The van der Waals surface area contributed by atoms with Gasteiger partial charge in [-0.2, -0.15) is 10.2 Å². The summed E-state index contributed by atoms with van der Waals surface area (Å²) in [5, 5.41) is 17.0. The van der Waals surface area contributed by atoms with E-state index in [0.717, 1.165) is 0 Å². The lowest BCUT2D eigenvalue weighted by Gasteiger charge is -2.01. The number of hydrogen-bond donors (Lipinski definition) is 2. The number of amides is 1. The molecule has 0 aromatic carbocycles. The van der Waals surface area contributed by atoms with Crippen LogP contribution in [0.25, 0.3) is 22.5 Å². The van der Waals surface area contributed by atoms with E-state index in [9.17, 15) is 9.59 Å². The quantitative estimate of drug-likeness (QED) is 0.292. The van der Waals surface area contributed by atoms with E-state index in [1.807, 2.05) is 0 Å². The fourth-order valence-corrected chi connectivity index (χ4v) is 6.32. The van der Waals surface area contributed by atoms with Gasteiger partial charge in [0.15, 0.2) is 5.69 Å². The van der Waals surface area contributed by atoms with Gasteiger partial charge in [0.25, 0.3) is 5.91 Å². The van der Waals surface area contributed by atoms with Crippen LogP contribution in [0.5, 0.6) is 0 Å². The number of rotatable bonds is 4. The zero-order valence-corrected chi connectivity index (χ0v) is 72.9. The van der Waals surface area contributed by atoms with Crippen molar-refractivity contribution in [3.8, 4) is 650 Å². The highest BCUT2D eigenvalue weighted by Gasteiger charge is 2.18. The molecule has 0 atom stereocenters. The maximum atomic E-state index is 11.3. The summed E-state index contributed by atoms with van der Waals surface area (Å²) in [5.74, 6) is 265. The van der Waals surface area contributed by atoms with Gasteiger partial charge in [0.05, 0.1) is 34.9 Å². The minimum atomic E-state index is -1.02. The largest absolute Gasteiger partial charge is 0.477 e. The molecule has 12 heteroatoms. The van der Waals surface area contributed by atoms with E-state index in [2.05, 4.69) is 658 Å². The maximum absolute atomic E-state index is 11.3. The monoisotopic (exact) mass is 1740 g/mol. The van der Waals surface area contributed by atoms with E-state index in [1.165, 1.54) is 15.6 Å². The molecule has 0 saturated heterocycles. The summed E-state index contributed by atoms with van der Waals surface area (Å²) < 4.78 is 2.75. The van der Waals surface area contributed by atoms with Crippen LogP contribution in [0.3, 0.4) is 0 Å². The topological polar surface area (TPSA) is 168 Å². The first-order valence-electron chi connectivity index (χ1n) is 36.6. The van der Waals surface area contributed by atoms with Gasteiger partial charge in [0.2, 0.25) is 0 Å². The second-order valence-electron chi connectivity index (χ2n) is 20.2. The summed E-state index contributed by atoms with van der Waals surface area (Å²) in [6, 6.07) is 3.38. The zero-order chi connectivity index (χ0) is 100. The molecular weight excluding hydrogens is 1710 g/mol. The van der Waals surface area contributed by atoms with Crippen molar-refractivity contribution in [1.29, 1.82) is 0 Å². The summed E-state index contributed by atoms with van der Waals surface area (Å²) >= 11 is 0. The van der Waals surface area contributed by atoms with Crippen LogP contribution in [0.4, 0.5) is 0 Å². The van der Waals surface area contributed by atoms with Crippen LogP contribution >= 0.6 is 0 Å². The number of carbonyl (C=O) groups is 2. The molecule has 0 spiro atoms. The fraction of sp³-hybridized carbons (Fsp3) is 0.0469. The first kappa shape index (κ1) is 108. The summed E-state index contributed by atoms with van der Waals surface area (Å²) in [6.45, 7) is 6.90. The van der Waals surface area contributed by atoms with Crippen LogP contribution in [-0.2, 0) is 14.1 Å². The van der Waals surface area contributed by atoms with Crippen molar-refractivity contribution < 1.29 is 14.7 Å². The molecule has 3 N–H and O–H groups in total. The molecule has 4 aromatic heterocycles. The number of carbonyl (C=O) groups excluding carboxylic acids is 1. The zero-order valence-electron chi connectivity index (χ0n) is 72.9. The number of aryl methyl sites for hydroxylation is 4. The van der Waals surface area contributed by atoms with Crippen molar-refractivity contribution in [2.75, 3.05) is 0 Å². The number of hydrogen-bond acceptors (Lipinski definition) is 8. The SMILES string of the molecule is CC#CC#CC#CC#CC#CC#CC#CC#CC#CC#CC#CC#CC#CC#CC#CC#CC#CC#CC#CC#CC#CC#CC#CC#CC#CC#CC#CC#CC#CC#CC#CC#CC#CC#CC#CC#CC#CC#CC#CC#CC#CC#CC#CC#CC#CC#CC#CC#CC#CC#CC#CC#CC#CC.Cc1nccc(-c2cnn(C)c2C(=O)O)n1.Cc1nccc(-c2cnn(C)c2C(N)=O)n1. The highest BCUT2D eigenvalue weighted by Crippen LogP contribution is 2.22. The normalized spacial score (nSPS) is 5.44. The number of aromatic carboxylic acids is 1. The molecule has 4 heterocycles. The first-order valence-corrected chi connectivity index (χ1v) is 36.6. The van der Waals surface area contributed by atoms with E-state index in [-0.39, 0.29) is 5.69 Å². The van der Waals surface area contributed by atoms with Crippen LogP contribution in [0.15, 0.2) is 36.9 Å². The van der Waals surface area contributed by atoms with E-state index >= 15 is 0 Å². The lowest BCUT2D eigenvalue weighted by atomic mass is 10.1. The van der Waals surface area contributed by atoms with Crippen molar-refractivity contribution in [3.63, 3.8) is 0 Å². The second-order valence-corrected chi connectivity index (χ2v) is 20.2. The molecule has 4 aromatic rings. The molecule has 1 amide bonds. The molecule has 0 unspecified atom stereocenters. The molecule has 0 bridgehead atoms. The van der Waals surface area contributed by atoms with Gasteiger partial charge in [-0.25, -0.2) is 24.7 Å². The summed E-state index contributed by atoms with van der Waals surface area (Å²) in [4.78, 5) is 38.7. The smallest absolute Gasteiger partial charge is 0.354 e. The van der Waals surface area contributed by atoms with Gasteiger partial charge in [-0.15, -0.1) is 0 Å². The van der Waals surface area contributed by atoms with Crippen LogP contribution in [0.2, 0.25) is 0 Å². The molecule has 0 saturated carbocycles. The Morgan fingerprint density at radius 2 is 0.343 bits per heavy atom. The standard InChI is InChI=1S/C108H6.C10H11N5O.C10H10N4O2/c1-3-5-7-9-11-13-15-17-19-21-23-25-27-29-31-33-35-37-39-41-43-45-47-49-51-53-55-57-59-61-63-65-67-69-71-73-75-77-79-81-83-85-87-89-91-93-95-97-99-101-103-105-107-108-106-104-102-100-98-96-94-92-90-88-86-84-82-80-78-76-74-72-70-68-66-64-62-60-58-56-54-52-50-48-46-44-42-40-38-36-34-32-30-28-26-24-22-20-18-16-14-12-10-8-6-4-2;1-6-12-4-3-8(14-6)7-5-13-15(2)9(7)10(11)16;1-6-11-4-3-8(13-6)7-5-12-14(2)9(7)10(15)16/h1-2H3;3-5H,1-2H3,(H2,11,16);3-5H,1-2H3,(H,15,16). The Labute approximate surface area is 818 Å². The summed E-state index contributed by atoms with van der Waals surface area (Å²) in [5.41, 5.74) is 8.10. The molecule has 12 nitrogen and oxygen atoms in total. The Bertz CT molecular complexity index is 9180. The Morgan fingerprint density at radius 3 is 0.457 bits per heavy atom. The Kier molecular flexibility index (Phi) is 65.6. The Morgan fingerprint density at radius 1 is 0.221 bits per heavy atom. The average Bonchev–Trinajstić information content (AvgIpc) is 1.68. The predicted octanol–water partition coefficient (Wildman–Crippen LogP) is 2.37. The highest BCUT2D eigenvalue weighted by molar-refractivity contribution is 5.97. The number of nitrogens with two attached hydrogens (primary N) is 1. The number of primary amides is 1. The third-order valence-corrected chi connectivity index (χ3v) is 11.1. The minimum absolute atomic E-state index is 0.123. The molecule has 0 fully saturated rings.